The van der Waals surface area contributed by atoms with Gasteiger partial charge in [0.1, 0.15) is 0 Å². The summed E-state index contributed by atoms with van der Waals surface area (Å²) in [5, 5.41) is 9.62. The summed E-state index contributed by atoms with van der Waals surface area (Å²) < 4.78 is 71.2. The molecule has 2 aromatic rings. The molecule has 0 amide bonds. The Morgan fingerprint density at radius 1 is 1.15 bits per heavy atom. The van der Waals surface area contributed by atoms with Crippen molar-refractivity contribution in [2.24, 2.45) is 5.92 Å². The van der Waals surface area contributed by atoms with E-state index in [1.807, 2.05) is 0 Å². The summed E-state index contributed by atoms with van der Waals surface area (Å²) in [6.45, 7) is 6.29. The molecular formula is C24H31F3N2O4S. The van der Waals surface area contributed by atoms with Crippen LogP contribution in [0.5, 0.6) is 0 Å². The molecule has 1 aromatic heterocycles. The number of hydrogen-bond donors (Lipinski definition) is 2. The van der Waals surface area contributed by atoms with Gasteiger partial charge in [0, 0.05) is 23.1 Å². The second kappa shape index (κ2) is 9.37. The van der Waals surface area contributed by atoms with E-state index in [4.69, 9.17) is 0 Å². The van der Waals surface area contributed by atoms with Gasteiger partial charge in [-0.25, -0.2) is 17.9 Å². The second-order valence-corrected chi connectivity index (χ2v) is 11.7. The van der Waals surface area contributed by atoms with Gasteiger partial charge in [0.05, 0.1) is 16.0 Å². The molecule has 188 valence electrons. The maximum absolute atomic E-state index is 14.0. The van der Waals surface area contributed by atoms with Crippen molar-refractivity contribution in [1.29, 1.82) is 0 Å². The highest BCUT2D eigenvalue weighted by Crippen LogP contribution is 2.37. The van der Waals surface area contributed by atoms with Crippen LogP contribution in [-0.2, 0) is 22.6 Å². The lowest BCUT2D eigenvalue weighted by Crippen LogP contribution is -2.41. The van der Waals surface area contributed by atoms with Crippen LogP contribution in [0.2, 0.25) is 0 Å². The third-order valence-electron chi connectivity index (χ3n) is 6.10. The first kappa shape index (κ1) is 26.3. The molecule has 1 heterocycles. The predicted octanol–water partition coefficient (Wildman–Crippen LogP) is 5.70. The van der Waals surface area contributed by atoms with E-state index in [1.165, 1.54) is 16.8 Å². The highest BCUT2D eigenvalue weighted by Gasteiger charge is 2.39. The number of hydrogen-bond acceptors (Lipinski definition) is 3. The standard InChI is InChI=1S/C24H31F3N2O4S/c1-15-18(22(30)31)14-29(20(15)12-16-8-6-5-7-9-16)17-10-11-21(19(13-17)24(25,26)27)34(32,33)28-23(2,3)4/h10-11,13-14,16,28H,5-9,12H2,1-4H3,(H,30,31). The lowest BCUT2D eigenvalue weighted by Gasteiger charge is -2.24. The van der Waals surface area contributed by atoms with Gasteiger partial charge in [-0.3, -0.25) is 0 Å². The Bertz CT molecular complexity index is 1170. The quantitative estimate of drug-likeness (QED) is 0.532. The zero-order valence-electron chi connectivity index (χ0n) is 19.8. The van der Waals surface area contributed by atoms with Crippen molar-refractivity contribution in [3.63, 3.8) is 0 Å². The Kier molecular flexibility index (Phi) is 7.24. The normalized spacial score (nSPS) is 16.1. The molecule has 0 aliphatic heterocycles. The molecule has 3 rings (SSSR count). The minimum Gasteiger partial charge on any atom is -0.478 e. The van der Waals surface area contributed by atoms with Gasteiger partial charge in [-0.1, -0.05) is 32.1 Å². The summed E-state index contributed by atoms with van der Waals surface area (Å²) in [6, 6.07) is 3.01. The SMILES string of the molecule is Cc1c(C(=O)O)cn(-c2ccc(S(=O)(=O)NC(C)(C)C)c(C(F)(F)F)c2)c1CC1CCCCC1. The van der Waals surface area contributed by atoms with Gasteiger partial charge in [-0.15, -0.1) is 0 Å². The number of benzene rings is 1. The molecule has 1 fully saturated rings. The molecule has 1 saturated carbocycles. The number of alkyl halides is 3. The molecule has 0 unspecified atom stereocenters. The molecule has 6 nitrogen and oxygen atoms in total. The molecule has 0 bridgehead atoms. The fourth-order valence-electron chi connectivity index (χ4n) is 4.58. The average Bonchev–Trinajstić information content (AvgIpc) is 3.02. The molecule has 0 spiro atoms. The van der Waals surface area contributed by atoms with E-state index >= 15 is 0 Å². The Hall–Kier alpha value is -2.33. The van der Waals surface area contributed by atoms with Gasteiger partial charge < -0.3 is 9.67 Å². The highest BCUT2D eigenvalue weighted by atomic mass is 32.2. The number of halogens is 3. The molecule has 34 heavy (non-hydrogen) atoms. The zero-order chi connectivity index (χ0) is 25.5. The summed E-state index contributed by atoms with van der Waals surface area (Å²) in [5.74, 6) is -0.841. The summed E-state index contributed by atoms with van der Waals surface area (Å²) in [5.41, 5.74) is -1.03. The van der Waals surface area contributed by atoms with E-state index in [2.05, 4.69) is 4.72 Å². The monoisotopic (exact) mass is 500 g/mol. The van der Waals surface area contributed by atoms with Gasteiger partial charge in [0.2, 0.25) is 10.0 Å². The Morgan fingerprint density at radius 2 is 1.76 bits per heavy atom. The molecule has 2 N–H and O–H groups in total. The number of sulfonamides is 1. The first-order valence-electron chi connectivity index (χ1n) is 11.3. The fourth-order valence-corrected chi connectivity index (χ4v) is 6.21. The highest BCUT2D eigenvalue weighted by molar-refractivity contribution is 7.89. The van der Waals surface area contributed by atoms with Crippen molar-refractivity contribution >= 4 is 16.0 Å². The number of carbonyl (C=O) groups is 1. The van der Waals surface area contributed by atoms with Crippen LogP contribution < -0.4 is 4.72 Å². The summed E-state index contributed by atoms with van der Waals surface area (Å²) in [4.78, 5) is 10.9. The van der Waals surface area contributed by atoms with Crippen LogP contribution in [0.25, 0.3) is 5.69 Å². The third kappa shape index (κ3) is 5.83. The number of nitrogens with one attached hydrogen (secondary N) is 1. The second-order valence-electron chi connectivity index (χ2n) is 10.0. The van der Waals surface area contributed by atoms with Crippen molar-refractivity contribution in [2.75, 3.05) is 0 Å². The number of rotatable bonds is 6. The Labute approximate surface area is 198 Å². The molecule has 0 radical (unpaired) electrons. The molecule has 1 aliphatic rings. The molecule has 1 aliphatic carbocycles. The summed E-state index contributed by atoms with van der Waals surface area (Å²) >= 11 is 0. The maximum atomic E-state index is 14.0. The predicted molar refractivity (Wildman–Crippen MR) is 123 cm³/mol. The number of carboxylic acids is 1. The number of nitrogens with zero attached hydrogens (tertiary/aromatic N) is 1. The summed E-state index contributed by atoms with van der Waals surface area (Å²) in [7, 11) is -4.45. The molecule has 0 atom stereocenters. The van der Waals surface area contributed by atoms with E-state index in [-0.39, 0.29) is 11.3 Å². The molecule has 10 heteroatoms. The van der Waals surface area contributed by atoms with Crippen LogP contribution in [0.1, 0.15) is 80.1 Å². The smallest absolute Gasteiger partial charge is 0.417 e. The Balaban J connectivity index is 2.16. The van der Waals surface area contributed by atoms with Gasteiger partial charge in [0.25, 0.3) is 0 Å². The van der Waals surface area contributed by atoms with Crippen molar-refractivity contribution < 1.29 is 31.5 Å². The van der Waals surface area contributed by atoms with Gasteiger partial charge >= 0.3 is 12.1 Å². The van der Waals surface area contributed by atoms with Gasteiger partial charge in [-0.05, 0) is 63.8 Å². The van der Waals surface area contributed by atoms with E-state index in [0.717, 1.165) is 44.2 Å². The van der Waals surface area contributed by atoms with E-state index in [1.54, 1.807) is 27.7 Å². The number of aromatic carboxylic acids is 1. The van der Waals surface area contributed by atoms with Crippen molar-refractivity contribution in [3.05, 3.63) is 46.8 Å². The largest absolute Gasteiger partial charge is 0.478 e. The van der Waals surface area contributed by atoms with Crippen molar-refractivity contribution in [1.82, 2.24) is 9.29 Å². The Morgan fingerprint density at radius 3 is 2.29 bits per heavy atom. The average molecular weight is 501 g/mol. The fraction of sp³-hybridized carbons (Fsp3) is 0.542. The van der Waals surface area contributed by atoms with E-state index in [9.17, 15) is 31.5 Å². The topological polar surface area (TPSA) is 88.4 Å². The van der Waals surface area contributed by atoms with Crippen molar-refractivity contribution in [2.45, 2.75) is 82.8 Å². The van der Waals surface area contributed by atoms with Crippen molar-refractivity contribution in [3.8, 4) is 5.69 Å². The molecule has 0 saturated heterocycles. The molecular weight excluding hydrogens is 469 g/mol. The third-order valence-corrected chi connectivity index (χ3v) is 7.92. The summed E-state index contributed by atoms with van der Waals surface area (Å²) in [6.07, 6.45) is 2.19. The lowest BCUT2D eigenvalue weighted by molar-refractivity contribution is -0.139. The van der Waals surface area contributed by atoms with Crippen LogP contribution in [-0.4, -0.2) is 29.6 Å². The van der Waals surface area contributed by atoms with E-state index < -0.39 is 38.2 Å². The minimum atomic E-state index is -4.93. The van der Waals surface area contributed by atoms with Gasteiger partial charge in [0.15, 0.2) is 0 Å². The molecule has 1 aromatic carbocycles. The lowest BCUT2D eigenvalue weighted by atomic mass is 9.85. The number of aromatic nitrogens is 1. The first-order chi connectivity index (χ1) is 15.6. The number of carboxylic acid groups (broad SMARTS) is 1. The van der Waals surface area contributed by atoms with Crippen LogP contribution in [0, 0.1) is 12.8 Å². The first-order valence-corrected chi connectivity index (χ1v) is 12.8. The van der Waals surface area contributed by atoms with E-state index in [0.29, 0.717) is 23.6 Å². The van der Waals surface area contributed by atoms with Gasteiger partial charge in [-0.2, -0.15) is 13.2 Å². The minimum absolute atomic E-state index is 0.0189. The van der Waals surface area contributed by atoms with Crippen LogP contribution in [0.4, 0.5) is 13.2 Å². The van der Waals surface area contributed by atoms with Crippen LogP contribution in [0.15, 0.2) is 29.3 Å². The maximum Gasteiger partial charge on any atom is 0.417 e. The van der Waals surface area contributed by atoms with Crippen LogP contribution >= 0.6 is 0 Å². The zero-order valence-corrected chi connectivity index (χ0v) is 20.6. The van der Waals surface area contributed by atoms with Crippen LogP contribution in [0.3, 0.4) is 0 Å².